The van der Waals surface area contributed by atoms with Crippen LogP contribution in [0, 0.1) is 0 Å². The standard InChI is InChI=1S/C21H15N3O2S/c25-27(26)17-7-5-6-15(12-17)16-13-20(18-8-1-3-10-22-18)24-21(14-16)19-9-2-4-11-23-19/h1-14H,(H,25,26). The second kappa shape index (κ2) is 7.57. The fraction of sp³-hybridized carbons (Fsp3) is 0. The fourth-order valence-electron chi connectivity index (χ4n) is 2.77. The average Bonchev–Trinajstić information content (AvgIpc) is 2.75. The monoisotopic (exact) mass is 373 g/mol. The quantitative estimate of drug-likeness (QED) is 0.535. The van der Waals surface area contributed by atoms with E-state index in [1.54, 1.807) is 30.6 Å². The van der Waals surface area contributed by atoms with Crippen LogP contribution in [0.3, 0.4) is 0 Å². The summed E-state index contributed by atoms with van der Waals surface area (Å²) in [5.74, 6) is 0. The molecule has 6 heteroatoms. The first-order valence-electron chi connectivity index (χ1n) is 8.27. The molecule has 0 saturated heterocycles. The van der Waals surface area contributed by atoms with Gasteiger partial charge in [0, 0.05) is 12.4 Å². The maximum atomic E-state index is 11.4. The van der Waals surface area contributed by atoms with Crippen LogP contribution in [-0.2, 0) is 11.1 Å². The van der Waals surface area contributed by atoms with E-state index in [1.165, 1.54) is 0 Å². The van der Waals surface area contributed by atoms with Crippen molar-refractivity contribution in [2.45, 2.75) is 4.90 Å². The number of hydrogen-bond acceptors (Lipinski definition) is 4. The van der Waals surface area contributed by atoms with Gasteiger partial charge in [-0.1, -0.05) is 24.3 Å². The van der Waals surface area contributed by atoms with E-state index in [0.717, 1.165) is 22.5 Å². The molecule has 4 aromatic rings. The summed E-state index contributed by atoms with van der Waals surface area (Å²) in [5.41, 5.74) is 4.62. The van der Waals surface area contributed by atoms with Crippen molar-refractivity contribution in [3.63, 3.8) is 0 Å². The smallest absolute Gasteiger partial charge is 0.186 e. The molecule has 3 heterocycles. The Labute approximate surface area is 159 Å². The van der Waals surface area contributed by atoms with E-state index in [9.17, 15) is 8.76 Å². The van der Waals surface area contributed by atoms with Crippen molar-refractivity contribution >= 4 is 11.1 Å². The normalized spacial score (nSPS) is 11.9. The molecule has 0 saturated carbocycles. The van der Waals surface area contributed by atoms with Crippen LogP contribution < -0.4 is 0 Å². The highest BCUT2D eigenvalue weighted by molar-refractivity contribution is 7.79. The molecule has 0 aliphatic carbocycles. The number of benzene rings is 1. The minimum Gasteiger partial charge on any atom is -0.302 e. The Bertz CT molecular complexity index is 1040. The topological polar surface area (TPSA) is 76.0 Å². The van der Waals surface area contributed by atoms with E-state index < -0.39 is 11.1 Å². The van der Waals surface area contributed by atoms with E-state index in [1.807, 2.05) is 54.6 Å². The van der Waals surface area contributed by atoms with Gasteiger partial charge >= 0.3 is 0 Å². The molecular weight excluding hydrogens is 358 g/mol. The average molecular weight is 373 g/mol. The lowest BCUT2D eigenvalue weighted by Gasteiger charge is -2.10. The number of aromatic nitrogens is 3. The highest BCUT2D eigenvalue weighted by atomic mass is 32.2. The Hall–Kier alpha value is -3.22. The summed E-state index contributed by atoms with van der Waals surface area (Å²) in [7, 11) is 0. The molecule has 4 rings (SSSR count). The van der Waals surface area contributed by atoms with Gasteiger partial charge < -0.3 is 4.55 Å². The van der Waals surface area contributed by atoms with Crippen LogP contribution in [0.15, 0.2) is 90.1 Å². The highest BCUT2D eigenvalue weighted by Crippen LogP contribution is 2.29. The van der Waals surface area contributed by atoms with E-state index in [2.05, 4.69) is 9.97 Å². The summed E-state index contributed by atoms with van der Waals surface area (Å²) in [5, 5.41) is 0. The zero-order valence-electron chi connectivity index (χ0n) is 14.2. The van der Waals surface area contributed by atoms with Gasteiger partial charge in [0.25, 0.3) is 0 Å². The van der Waals surface area contributed by atoms with Gasteiger partial charge in [-0.3, -0.25) is 9.97 Å². The Morgan fingerprint density at radius 3 is 1.81 bits per heavy atom. The molecule has 0 bridgehead atoms. The molecule has 5 nitrogen and oxygen atoms in total. The molecule has 0 aliphatic heterocycles. The van der Waals surface area contributed by atoms with Gasteiger partial charge in [0.2, 0.25) is 0 Å². The maximum Gasteiger partial charge on any atom is 0.186 e. The van der Waals surface area contributed by atoms with Crippen molar-refractivity contribution in [1.82, 2.24) is 15.0 Å². The van der Waals surface area contributed by atoms with Crippen molar-refractivity contribution < 1.29 is 8.76 Å². The molecule has 1 N–H and O–H groups in total. The largest absolute Gasteiger partial charge is 0.302 e. The Balaban J connectivity index is 1.91. The van der Waals surface area contributed by atoms with Crippen LogP contribution in [0.2, 0.25) is 0 Å². The first-order valence-corrected chi connectivity index (χ1v) is 9.37. The van der Waals surface area contributed by atoms with Gasteiger partial charge in [-0.15, -0.1) is 0 Å². The second-order valence-electron chi connectivity index (χ2n) is 5.83. The third-order valence-corrected chi connectivity index (χ3v) is 4.71. The van der Waals surface area contributed by atoms with E-state index in [0.29, 0.717) is 16.3 Å². The molecule has 0 fully saturated rings. The number of nitrogens with zero attached hydrogens (tertiary/aromatic N) is 3. The zero-order valence-corrected chi connectivity index (χ0v) is 15.0. The Kier molecular flexibility index (Phi) is 4.82. The summed E-state index contributed by atoms with van der Waals surface area (Å²) in [6.45, 7) is 0. The Morgan fingerprint density at radius 1 is 0.667 bits per heavy atom. The lowest BCUT2D eigenvalue weighted by molar-refractivity contribution is 0.564. The van der Waals surface area contributed by atoms with E-state index in [4.69, 9.17) is 4.98 Å². The molecule has 1 aromatic carbocycles. The van der Waals surface area contributed by atoms with Gasteiger partial charge in [-0.2, -0.15) is 0 Å². The molecule has 132 valence electrons. The van der Waals surface area contributed by atoms with Gasteiger partial charge in [-0.25, -0.2) is 9.19 Å². The summed E-state index contributed by atoms with van der Waals surface area (Å²) in [6, 6.07) is 22.2. The zero-order chi connectivity index (χ0) is 18.6. The maximum absolute atomic E-state index is 11.4. The van der Waals surface area contributed by atoms with Crippen LogP contribution in [0.25, 0.3) is 33.9 Å². The lowest BCUT2D eigenvalue weighted by atomic mass is 10.0. The van der Waals surface area contributed by atoms with Crippen LogP contribution in [-0.4, -0.2) is 23.7 Å². The Morgan fingerprint density at radius 2 is 1.30 bits per heavy atom. The number of rotatable bonds is 4. The third-order valence-electron chi connectivity index (χ3n) is 4.05. The summed E-state index contributed by atoms with van der Waals surface area (Å²) in [6.07, 6.45) is 3.44. The summed E-state index contributed by atoms with van der Waals surface area (Å²) >= 11 is -2.04. The van der Waals surface area contributed by atoms with Crippen LogP contribution in [0.4, 0.5) is 0 Å². The highest BCUT2D eigenvalue weighted by Gasteiger charge is 2.11. The molecule has 0 radical (unpaired) electrons. The molecule has 1 atom stereocenters. The lowest BCUT2D eigenvalue weighted by Crippen LogP contribution is -1.94. The molecule has 0 spiro atoms. The molecule has 3 aromatic heterocycles. The molecule has 1 unspecified atom stereocenters. The van der Waals surface area contributed by atoms with Crippen molar-refractivity contribution in [3.8, 4) is 33.9 Å². The molecule has 0 aliphatic rings. The number of hydrogen-bond donors (Lipinski definition) is 1. The van der Waals surface area contributed by atoms with Gasteiger partial charge in [0.05, 0.1) is 27.7 Å². The van der Waals surface area contributed by atoms with Crippen molar-refractivity contribution in [1.29, 1.82) is 0 Å². The van der Waals surface area contributed by atoms with Gasteiger partial charge in [-0.05, 0) is 59.7 Å². The number of pyridine rings is 3. The molecular formula is C21H15N3O2S. The molecule has 0 amide bonds. The minimum absolute atomic E-state index is 0.350. The molecule has 27 heavy (non-hydrogen) atoms. The summed E-state index contributed by atoms with van der Waals surface area (Å²) < 4.78 is 20.8. The van der Waals surface area contributed by atoms with Crippen molar-refractivity contribution in [3.05, 3.63) is 85.2 Å². The van der Waals surface area contributed by atoms with Crippen molar-refractivity contribution in [2.24, 2.45) is 0 Å². The first-order chi connectivity index (χ1) is 13.2. The van der Waals surface area contributed by atoms with Gasteiger partial charge in [0.15, 0.2) is 11.1 Å². The van der Waals surface area contributed by atoms with Crippen molar-refractivity contribution in [2.75, 3.05) is 0 Å². The van der Waals surface area contributed by atoms with Crippen LogP contribution in [0.5, 0.6) is 0 Å². The van der Waals surface area contributed by atoms with Crippen LogP contribution >= 0.6 is 0 Å². The van der Waals surface area contributed by atoms with Crippen LogP contribution in [0.1, 0.15) is 0 Å². The minimum atomic E-state index is -2.04. The predicted molar refractivity (Wildman–Crippen MR) is 105 cm³/mol. The second-order valence-corrected chi connectivity index (χ2v) is 6.80. The SMILES string of the molecule is O=S(O)c1cccc(-c2cc(-c3ccccn3)nc(-c3ccccn3)c2)c1. The summed E-state index contributed by atoms with van der Waals surface area (Å²) in [4.78, 5) is 13.9. The fourth-order valence-corrected chi connectivity index (χ4v) is 3.20. The van der Waals surface area contributed by atoms with Gasteiger partial charge in [0.1, 0.15) is 0 Å². The first kappa shape index (κ1) is 17.2. The van der Waals surface area contributed by atoms with E-state index >= 15 is 0 Å². The predicted octanol–water partition coefficient (Wildman–Crippen LogP) is 4.45. The van der Waals surface area contributed by atoms with E-state index in [-0.39, 0.29) is 0 Å². The third kappa shape index (κ3) is 3.81.